The van der Waals surface area contributed by atoms with E-state index >= 15 is 0 Å². The Morgan fingerprint density at radius 1 is 0.846 bits per heavy atom. The molecule has 0 aromatic carbocycles. The minimum Gasteiger partial charge on any atom is -0.415 e. The lowest BCUT2D eigenvalue weighted by Crippen LogP contribution is -2.61. The van der Waals surface area contributed by atoms with E-state index in [9.17, 15) is 0 Å². The zero-order chi connectivity index (χ0) is 21.2. The lowest BCUT2D eigenvalue weighted by molar-refractivity contribution is 0.0977. The maximum absolute atomic E-state index is 7.20. The molecule has 0 bridgehead atoms. The lowest BCUT2D eigenvalue weighted by atomic mass is 9.68. The van der Waals surface area contributed by atoms with Gasteiger partial charge in [0, 0.05) is 5.22 Å². The van der Waals surface area contributed by atoms with Gasteiger partial charge in [0.1, 0.15) is 0 Å². The van der Waals surface area contributed by atoms with Crippen molar-refractivity contribution in [3.8, 4) is 0 Å². The van der Waals surface area contributed by atoms with E-state index in [-0.39, 0.29) is 15.7 Å². The van der Waals surface area contributed by atoms with Gasteiger partial charge in [-0.15, -0.1) is 0 Å². The molecule has 2 N–H and O–H groups in total. The fourth-order valence-corrected chi connectivity index (χ4v) is 12.6. The Balaban J connectivity index is 5.80. The third kappa shape index (κ3) is 5.92. The van der Waals surface area contributed by atoms with Crippen LogP contribution in [-0.4, -0.2) is 28.2 Å². The van der Waals surface area contributed by atoms with E-state index in [1.807, 2.05) is 0 Å². The summed E-state index contributed by atoms with van der Waals surface area (Å²) in [4.78, 5) is 0. The lowest BCUT2D eigenvalue weighted by Gasteiger charge is -2.57. The minimum absolute atomic E-state index is 0.0217. The molecule has 0 rings (SSSR count). The molecule has 0 radical (unpaired) electrons. The average Bonchev–Trinajstić information content (AvgIpc) is 2.39. The molecule has 26 heavy (non-hydrogen) atoms. The molecule has 0 heterocycles. The first-order chi connectivity index (χ1) is 11.3. The minimum atomic E-state index is -1.97. The summed E-state index contributed by atoms with van der Waals surface area (Å²) in [5.74, 6) is 0. The molecule has 0 aromatic rings. The Hall–Kier alpha value is 0.354. The van der Waals surface area contributed by atoms with Crippen LogP contribution in [0.3, 0.4) is 0 Å². The zero-order valence-corrected chi connectivity index (χ0v) is 22.5. The monoisotopic (exact) mass is 401 g/mol. The van der Waals surface area contributed by atoms with Gasteiger partial charge in [-0.2, -0.15) is 0 Å². The number of rotatable bonds is 10. The second-order valence-corrected chi connectivity index (χ2v) is 22.0. The summed E-state index contributed by atoms with van der Waals surface area (Å²) in [7, 11) is -3.50. The molecular formula is C22H51NOSi2. The van der Waals surface area contributed by atoms with Crippen molar-refractivity contribution in [1.29, 1.82) is 0 Å². The van der Waals surface area contributed by atoms with Crippen LogP contribution in [0.4, 0.5) is 0 Å². The predicted octanol–water partition coefficient (Wildman–Crippen LogP) is 7.22. The molecule has 4 heteroatoms. The van der Waals surface area contributed by atoms with E-state index in [1.54, 1.807) is 0 Å². The first-order valence-corrected chi connectivity index (χ1v) is 16.8. The fraction of sp³-hybridized carbons (Fsp3) is 1.00. The van der Waals surface area contributed by atoms with Gasteiger partial charge in [-0.1, -0.05) is 74.0 Å². The molecule has 1 unspecified atom stereocenters. The van der Waals surface area contributed by atoms with Crippen LogP contribution in [0.5, 0.6) is 0 Å². The van der Waals surface area contributed by atoms with Crippen molar-refractivity contribution >= 4 is 16.4 Å². The van der Waals surface area contributed by atoms with Gasteiger partial charge in [-0.3, -0.25) is 0 Å². The van der Waals surface area contributed by atoms with Crippen molar-refractivity contribution in [2.75, 3.05) is 6.54 Å². The topological polar surface area (TPSA) is 35.2 Å². The summed E-state index contributed by atoms with van der Waals surface area (Å²) >= 11 is 0. The normalized spacial score (nSPS) is 17.3. The molecule has 158 valence electrons. The summed E-state index contributed by atoms with van der Waals surface area (Å²) in [6, 6.07) is 1.25. The molecule has 2 nitrogen and oxygen atoms in total. The molecule has 0 aliphatic heterocycles. The van der Waals surface area contributed by atoms with E-state index < -0.39 is 16.4 Å². The van der Waals surface area contributed by atoms with Gasteiger partial charge in [-0.05, 0) is 62.2 Å². The molecule has 0 aliphatic carbocycles. The van der Waals surface area contributed by atoms with Crippen molar-refractivity contribution in [2.45, 2.75) is 124 Å². The van der Waals surface area contributed by atoms with Crippen LogP contribution in [-0.2, 0) is 4.43 Å². The van der Waals surface area contributed by atoms with Gasteiger partial charge in [0.2, 0.25) is 0 Å². The molecule has 0 saturated heterocycles. The van der Waals surface area contributed by atoms with Gasteiger partial charge < -0.3 is 10.2 Å². The largest absolute Gasteiger partial charge is 0.415 e. The smallest absolute Gasteiger partial charge is 0.193 e. The summed E-state index contributed by atoms with van der Waals surface area (Å²) < 4.78 is 7.20. The molecular weight excluding hydrogens is 350 g/mol. The molecule has 0 aliphatic rings. The quantitative estimate of drug-likeness (QED) is 0.392. The first kappa shape index (κ1) is 26.4. The Morgan fingerprint density at radius 3 is 1.65 bits per heavy atom. The fourth-order valence-electron chi connectivity index (χ4n) is 4.97. The van der Waals surface area contributed by atoms with E-state index in [0.29, 0.717) is 5.41 Å². The zero-order valence-electron chi connectivity index (χ0n) is 20.5. The summed E-state index contributed by atoms with van der Waals surface area (Å²) in [5.41, 5.74) is 6.38. The van der Waals surface area contributed by atoms with Crippen LogP contribution in [0, 0.1) is 10.8 Å². The molecule has 0 amide bonds. The van der Waals surface area contributed by atoms with Gasteiger partial charge in [0.25, 0.3) is 0 Å². The Morgan fingerprint density at radius 2 is 1.31 bits per heavy atom. The van der Waals surface area contributed by atoms with Crippen LogP contribution < -0.4 is 5.73 Å². The van der Waals surface area contributed by atoms with Crippen LogP contribution >= 0.6 is 0 Å². The Bertz CT molecular complexity index is 450. The second kappa shape index (κ2) is 8.38. The highest BCUT2D eigenvalue weighted by molar-refractivity contribution is 6.82. The third-order valence-corrected chi connectivity index (χ3v) is 17.5. The van der Waals surface area contributed by atoms with Crippen LogP contribution in [0.1, 0.15) is 81.6 Å². The van der Waals surface area contributed by atoms with Gasteiger partial charge in [-0.25, -0.2) is 0 Å². The van der Waals surface area contributed by atoms with E-state index in [2.05, 4.69) is 88.5 Å². The summed E-state index contributed by atoms with van der Waals surface area (Å²) in [6.07, 6.45) is 3.52. The van der Waals surface area contributed by atoms with Crippen LogP contribution in [0.2, 0.25) is 37.3 Å². The SMILES string of the molecule is CCC(C)(C(C)(C)CC(C)(C)C)[Si](C)(C)OC(C)(C)[Si](C)(C)CCCN. The van der Waals surface area contributed by atoms with Crippen molar-refractivity contribution in [3.63, 3.8) is 0 Å². The molecule has 0 saturated carbocycles. The van der Waals surface area contributed by atoms with E-state index in [1.165, 1.54) is 18.9 Å². The van der Waals surface area contributed by atoms with Gasteiger partial charge in [0.05, 0.1) is 8.07 Å². The number of hydrogen-bond donors (Lipinski definition) is 1. The maximum Gasteiger partial charge on any atom is 0.193 e. The Kier molecular flexibility index (Phi) is 8.50. The first-order valence-electron chi connectivity index (χ1n) is 10.7. The van der Waals surface area contributed by atoms with Crippen LogP contribution in [0.15, 0.2) is 0 Å². The third-order valence-electron chi connectivity index (χ3n) is 7.65. The molecule has 0 aromatic heterocycles. The van der Waals surface area contributed by atoms with Crippen molar-refractivity contribution < 1.29 is 4.43 Å². The van der Waals surface area contributed by atoms with Crippen LogP contribution in [0.25, 0.3) is 0 Å². The van der Waals surface area contributed by atoms with Gasteiger partial charge in [0.15, 0.2) is 8.32 Å². The van der Waals surface area contributed by atoms with Crippen molar-refractivity contribution in [3.05, 3.63) is 0 Å². The number of hydrogen-bond acceptors (Lipinski definition) is 2. The second-order valence-electron chi connectivity index (χ2n) is 12.2. The number of nitrogens with two attached hydrogens (primary N) is 1. The predicted molar refractivity (Wildman–Crippen MR) is 125 cm³/mol. The standard InChI is InChI=1S/C22H51NOSi2/c1-14-22(9,20(5,6)18-19(2,3)4)26(12,13)24-21(7,8)25(10,11)17-15-16-23/h14-18,23H2,1-13H3. The summed E-state index contributed by atoms with van der Waals surface area (Å²) in [6.45, 7) is 32.3. The summed E-state index contributed by atoms with van der Waals surface area (Å²) in [5, 5.41) is 0.203. The highest BCUT2D eigenvalue weighted by atomic mass is 28.4. The highest BCUT2D eigenvalue weighted by Gasteiger charge is 2.56. The van der Waals surface area contributed by atoms with E-state index in [4.69, 9.17) is 10.2 Å². The van der Waals surface area contributed by atoms with E-state index in [0.717, 1.165) is 13.0 Å². The van der Waals surface area contributed by atoms with Crippen molar-refractivity contribution in [2.24, 2.45) is 16.6 Å². The maximum atomic E-state index is 7.20. The molecule has 1 atom stereocenters. The van der Waals surface area contributed by atoms with Gasteiger partial charge >= 0.3 is 0 Å². The Labute approximate surface area is 168 Å². The average molecular weight is 402 g/mol. The van der Waals surface area contributed by atoms with Crippen molar-refractivity contribution in [1.82, 2.24) is 0 Å². The molecule has 0 spiro atoms. The highest BCUT2D eigenvalue weighted by Crippen LogP contribution is 2.60. The molecule has 0 fully saturated rings.